The van der Waals surface area contributed by atoms with Crippen molar-refractivity contribution in [3.8, 4) is 0 Å². The molecule has 0 saturated carbocycles. The third-order valence-electron chi connectivity index (χ3n) is 3.02. The highest BCUT2D eigenvalue weighted by Gasteiger charge is 2.20. The van der Waals surface area contributed by atoms with Gasteiger partial charge in [-0.1, -0.05) is 39.3 Å². The molecule has 0 heterocycles. The monoisotopic (exact) mass is 154 g/mol. The van der Waals surface area contributed by atoms with Gasteiger partial charge in [0.1, 0.15) is 0 Å². The SMILES string of the molecule is CCC=C(C)C(C)(CC)CC. The predicted molar refractivity (Wildman–Crippen MR) is 52.7 cm³/mol. The second-order valence-electron chi connectivity index (χ2n) is 3.56. The first kappa shape index (κ1) is 10.7. The highest BCUT2D eigenvalue weighted by Crippen LogP contribution is 2.33. The summed E-state index contributed by atoms with van der Waals surface area (Å²) in [6.45, 7) is 11.4. The van der Waals surface area contributed by atoms with Gasteiger partial charge < -0.3 is 0 Å². The summed E-state index contributed by atoms with van der Waals surface area (Å²) in [7, 11) is 0. The van der Waals surface area contributed by atoms with E-state index in [0.717, 1.165) is 0 Å². The second-order valence-corrected chi connectivity index (χ2v) is 3.56. The Bertz CT molecular complexity index is 127. The summed E-state index contributed by atoms with van der Waals surface area (Å²) in [5.74, 6) is 0. The molecule has 0 rings (SSSR count). The molecule has 66 valence electrons. The van der Waals surface area contributed by atoms with Gasteiger partial charge in [0.05, 0.1) is 0 Å². The minimum atomic E-state index is 0.454. The highest BCUT2D eigenvalue weighted by molar-refractivity contribution is 5.09. The van der Waals surface area contributed by atoms with Crippen LogP contribution in [0.4, 0.5) is 0 Å². The highest BCUT2D eigenvalue weighted by atomic mass is 14.3. The molecule has 0 aromatic heterocycles. The Labute approximate surface area is 71.7 Å². The van der Waals surface area contributed by atoms with Crippen LogP contribution in [0.2, 0.25) is 0 Å². The lowest BCUT2D eigenvalue weighted by atomic mass is 9.78. The summed E-state index contributed by atoms with van der Waals surface area (Å²) in [5, 5.41) is 0. The van der Waals surface area contributed by atoms with E-state index in [-0.39, 0.29) is 0 Å². The van der Waals surface area contributed by atoms with Gasteiger partial charge in [-0.3, -0.25) is 0 Å². The molecule has 0 unspecified atom stereocenters. The lowest BCUT2D eigenvalue weighted by Gasteiger charge is -2.28. The Morgan fingerprint density at radius 2 is 1.64 bits per heavy atom. The van der Waals surface area contributed by atoms with E-state index in [2.05, 4.69) is 40.7 Å². The van der Waals surface area contributed by atoms with Crippen molar-refractivity contribution in [3.63, 3.8) is 0 Å². The van der Waals surface area contributed by atoms with Gasteiger partial charge in [-0.2, -0.15) is 0 Å². The summed E-state index contributed by atoms with van der Waals surface area (Å²) in [6, 6.07) is 0. The molecule has 0 aromatic carbocycles. The molecule has 0 N–H and O–H groups in total. The van der Waals surface area contributed by atoms with E-state index < -0.39 is 0 Å². The van der Waals surface area contributed by atoms with Crippen LogP contribution in [0, 0.1) is 5.41 Å². The first-order chi connectivity index (χ1) is 5.10. The Morgan fingerprint density at radius 3 is 1.91 bits per heavy atom. The molecule has 0 aliphatic carbocycles. The fourth-order valence-electron chi connectivity index (χ4n) is 1.36. The fourth-order valence-corrected chi connectivity index (χ4v) is 1.36. The summed E-state index contributed by atoms with van der Waals surface area (Å²) < 4.78 is 0. The summed E-state index contributed by atoms with van der Waals surface area (Å²) >= 11 is 0. The third-order valence-corrected chi connectivity index (χ3v) is 3.02. The summed E-state index contributed by atoms with van der Waals surface area (Å²) in [6.07, 6.45) is 6.03. The Balaban J connectivity index is 4.36. The average molecular weight is 154 g/mol. The van der Waals surface area contributed by atoms with Crippen molar-refractivity contribution in [2.24, 2.45) is 5.41 Å². The first-order valence-corrected chi connectivity index (χ1v) is 4.78. The van der Waals surface area contributed by atoms with Crippen molar-refractivity contribution in [3.05, 3.63) is 11.6 Å². The molecule has 0 atom stereocenters. The minimum Gasteiger partial charge on any atom is -0.0853 e. The number of hydrogen-bond acceptors (Lipinski definition) is 0. The number of hydrogen-bond donors (Lipinski definition) is 0. The fraction of sp³-hybridized carbons (Fsp3) is 0.818. The van der Waals surface area contributed by atoms with Crippen molar-refractivity contribution in [1.29, 1.82) is 0 Å². The van der Waals surface area contributed by atoms with Crippen molar-refractivity contribution in [2.45, 2.75) is 53.9 Å². The van der Waals surface area contributed by atoms with Gasteiger partial charge in [0.25, 0.3) is 0 Å². The lowest BCUT2D eigenvalue weighted by molar-refractivity contribution is 0.366. The van der Waals surface area contributed by atoms with Gasteiger partial charge >= 0.3 is 0 Å². The zero-order valence-electron chi connectivity index (χ0n) is 8.70. The molecular formula is C11H22. The average Bonchev–Trinajstić information content (AvgIpc) is 2.03. The maximum atomic E-state index is 2.36. The molecule has 0 radical (unpaired) electrons. The third kappa shape index (κ3) is 2.69. The molecule has 0 aliphatic heterocycles. The van der Waals surface area contributed by atoms with Crippen LogP contribution in [-0.2, 0) is 0 Å². The van der Waals surface area contributed by atoms with Gasteiger partial charge in [-0.05, 0) is 31.6 Å². The van der Waals surface area contributed by atoms with Gasteiger partial charge in [0.15, 0.2) is 0 Å². The van der Waals surface area contributed by atoms with Crippen molar-refractivity contribution >= 4 is 0 Å². The van der Waals surface area contributed by atoms with Gasteiger partial charge in [-0.15, -0.1) is 0 Å². The van der Waals surface area contributed by atoms with E-state index in [1.54, 1.807) is 5.57 Å². The molecule has 0 heteroatoms. The smallest absolute Gasteiger partial charge is 0.0124 e. The second kappa shape index (κ2) is 4.58. The summed E-state index contributed by atoms with van der Waals surface area (Å²) in [4.78, 5) is 0. The van der Waals surface area contributed by atoms with Gasteiger partial charge in [0, 0.05) is 0 Å². The Hall–Kier alpha value is -0.260. The van der Waals surface area contributed by atoms with Crippen LogP contribution in [0.15, 0.2) is 11.6 Å². The molecule has 0 amide bonds. The topological polar surface area (TPSA) is 0 Å². The van der Waals surface area contributed by atoms with Crippen LogP contribution in [0.5, 0.6) is 0 Å². The molecule has 0 fully saturated rings. The summed E-state index contributed by atoms with van der Waals surface area (Å²) in [5.41, 5.74) is 2.01. The molecule has 0 nitrogen and oxygen atoms in total. The maximum absolute atomic E-state index is 2.36. The van der Waals surface area contributed by atoms with Crippen molar-refractivity contribution in [2.75, 3.05) is 0 Å². The molecular weight excluding hydrogens is 132 g/mol. The Kier molecular flexibility index (Phi) is 4.48. The lowest BCUT2D eigenvalue weighted by Crippen LogP contribution is -2.15. The van der Waals surface area contributed by atoms with Gasteiger partial charge in [0.2, 0.25) is 0 Å². The predicted octanol–water partition coefficient (Wildman–Crippen LogP) is 4.17. The van der Waals surface area contributed by atoms with E-state index in [9.17, 15) is 0 Å². The van der Waals surface area contributed by atoms with Crippen LogP contribution < -0.4 is 0 Å². The number of allylic oxidation sites excluding steroid dienone is 2. The minimum absolute atomic E-state index is 0.454. The Morgan fingerprint density at radius 1 is 1.18 bits per heavy atom. The largest absolute Gasteiger partial charge is 0.0853 e. The molecule has 11 heavy (non-hydrogen) atoms. The quantitative estimate of drug-likeness (QED) is 0.533. The zero-order chi connectivity index (χ0) is 8.91. The maximum Gasteiger partial charge on any atom is -0.0124 e. The normalized spacial score (nSPS) is 13.7. The standard InChI is InChI=1S/C11H22/c1-6-9-10(4)11(5,7-2)8-3/h9H,6-8H2,1-5H3. The molecule has 0 aromatic rings. The van der Waals surface area contributed by atoms with Crippen molar-refractivity contribution in [1.82, 2.24) is 0 Å². The van der Waals surface area contributed by atoms with Crippen LogP contribution in [0.3, 0.4) is 0 Å². The van der Waals surface area contributed by atoms with Gasteiger partial charge in [-0.25, -0.2) is 0 Å². The van der Waals surface area contributed by atoms with Crippen LogP contribution in [0.25, 0.3) is 0 Å². The molecule has 0 saturated heterocycles. The van der Waals surface area contributed by atoms with Crippen molar-refractivity contribution < 1.29 is 0 Å². The molecule has 0 spiro atoms. The van der Waals surface area contributed by atoms with E-state index in [1.165, 1.54) is 19.3 Å². The molecule has 0 aliphatic rings. The van der Waals surface area contributed by atoms with Crippen LogP contribution in [0.1, 0.15) is 53.9 Å². The van der Waals surface area contributed by atoms with E-state index >= 15 is 0 Å². The first-order valence-electron chi connectivity index (χ1n) is 4.78. The van der Waals surface area contributed by atoms with E-state index in [1.807, 2.05) is 0 Å². The molecule has 0 bridgehead atoms. The van der Waals surface area contributed by atoms with Crippen LogP contribution >= 0.6 is 0 Å². The van der Waals surface area contributed by atoms with E-state index in [0.29, 0.717) is 5.41 Å². The zero-order valence-corrected chi connectivity index (χ0v) is 8.70. The van der Waals surface area contributed by atoms with E-state index in [4.69, 9.17) is 0 Å². The van der Waals surface area contributed by atoms with Crippen LogP contribution in [-0.4, -0.2) is 0 Å². The number of rotatable bonds is 4.